The number of hydrogen-bond acceptors (Lipinski definition) is 7. The standard InChI is InChI=1S/C19H21N7O/c1-26-6-4-12(5-7-26)18(27)25-17-8-16-13(9-21-17)2-3-15(24-16)14-10-22-19(20)23-11-14/h2-3,8-12H,4-7H2,1H3,(H2,20,22,23)(H,21,25,27). The van der Waals surface area contributed by atoms with Gasteiger partial charge in [-0.15, -0.1) is 0 Å². The highest BCUT2D eigenvalue weighted by molar-refractivity contribution is 5.93. The van der Waals surface area contributed by atoms with E-state index in [2.05, 4.69) is 37.2 Å². The molecule has 1 aliphatic heterocycles. The molecule has 0 atom stereocenters. The van der Waals surface area contributed by atoms with E-state index in [1.807, 2.05) is 12.1 Å². The third kappa shape index (κ3) is 3.85. The van der Waals surface area contributed by atoms with E-state index >= 15 is 0 Å². The Kier molecular flexibility index (Phi) is 4.64. The number of nitrogens with two attached hydrogens (primary N) is 1. The average molecular weight is 363 g/mol. The maximum Gasteiger partial charge on any atom is 0.228 e. The summed E-state index contributed by atoms with van der Waals surface area (Å²) in [5.74, 6) is 0.801. The fourth-order valence-corrected chi connectivity index (χ4v) is 3.21. The molecule has 3 N–H and O–H groups in total. The average Bonchev–Trinajstić information content (AvgIpc) is 2.68. The third-order valence-corrected chi connectivity index (χ3v) is 4.88. The molecular weight excluding hydrogens is 342 g/mol. The quantitative estimate of drug-likeness (QED) is 0.732. The smallest absolute Gasteiger partial charge is 0.228 e. The number of nitrogens with zero attached hydrogens (tertiary/aromatic N) is 5. The number of piperidine rings is 1. The number of pyridine rings is 2. The highest BCUT2D eigenvalue weighted by Gasteiger charge is 2.23. The summed E-state index contributed by atoms with van der Waals surface area (Å²) in [5.41, 5.74) is 7.80. The van der Waals surface area contributed by atoms with Gasteiger partial charge in [-0.3, -0.25) is 4.79 Å². The second-order valence-corrected chi connectivity index (χ2v) is 6.86. The first-order chi connectivity index (χ1) is 13.1. The lowest BCUT2D eigenvalue weighted by molar-refractivity contribution is -0.121. The number of nitrogens with one attached hydrogen (secondary N) is 1. The van der Waals surface area contributed by atoms with Crippen LogP contribution in [0.5, 0.6) is 0 Å². The summed E-state index contributed by atoms with van der Waals surface area (Å²) < 4.78 is 0. The molecule has 138 valence electrons. The summed E-state index contributed by atoms with van der Waals surface area (Å²) >= 11 is 0. The van der Waals surface area contributed by atoms with Crippen LogP contribution in [0.15, 0.2) is 36.8 Å². The molecule has 0 spiro atoms. The Bertz CT molecular complexity index is 965. The number of hydrogen-bond donors (Lipinski definition) is 2. The molecule has 4 rings (SSSR count). The predicted molar refractivity (Wildman–Crippen MR) is 104 cm³/mol. The number of rotatable bonds is 3. The van der Waals surface area contributed by atoms with E-state index in [9.17, 15) is 4.79 Å². The van der Waals surface area contributed by atoms with E-state index < -0.39 is 0 Å². The fourth-order valence-electron chi connectivity index (χ4n) is 3.21. The Labute approximate surface area is 156 Å². The van der Waals surface area contributed by atoms with Gasteiger partial charge in [0.05, 0.1) is 11.2 Å². The molecule has 4 heterocycles. The zero-order valence-electron chi connectivity index (χ0n) is 15.1. The highest BCUT2D eigenvalue weighted by Crippen LogP contribution is 2.22. The Morgan fingerprint density at radius 3 is 2.63 bits per heavy atom. The molecule has 3 aromatic heterocycles. The molecule has 0 aromatic carbocycles. The zero-order chi connectivity index (χ0) is 18.8. The molecule has 8 nitrogen and oxygen atoms in total. The molecule has 1 saturated heterocycles. The van der Waals surface area contributed by atoms with Gasteiger partial charge in [0.25, 0.3) is 0 Å². The van der Waals surface area contributed by atoms with Crippen molar-refractivity contribution in [2.45, 2.75) is 12.8 Å². The van der Waals surface area contributed by atoms with Crippen molar-refractivity contribution in [3.05, 3.63) is 36.8 Å². The summed E-state index contributed by atoms with van der Waals surface area (Å²) in [7, 11) is 2.08. The maximum atomic E-state index is 12.5. The first-order valence-corrected chi connectivity index (χ1v) is 8.92. The topological polar surface area (TPSA) is 110 Å². The molecule has 0 radical (unpaired) electrons. The molecule has 27 heavy (non-hydrogen) atoms. The largest absolute Gasteiger partial charge is 0.368 e. The maximum absolute atomic E-state index is 12.5. The number of likely N-dealkylation sites (tertiary alicyclic amines) is 1. The Morgan fingerprint density at radius 1 is 1.15 bits per heavy atom. The van der Waals surface area contributed by atoms with Gasteiger partial charge in [-0.2, -0.15) is 0 Å². The predicted octanol–water partition coefficient (Wildman–Crippen LogP) is 1.95. The molecule has 1 fully saturated rings. The molecule has 1 aliphatic rings. The van der Waals surface area contributed by atoms with Gasteiger partial charge in [0.1, 0.15) is 5.82 Å². The monoisotopic (exact) mass is 363 g/mol. The van der Waals surface area contributed by atoms with Crippen LogP contribution in [0, 0.1) is 5.92 Å². The first kappa shape index (κ1) is 17.3. The SMILES string of the molecule is CN1CCC(C(=O)Nc2cc3nc(-c4cnc(N)nc4)ccc3cn2)CC1. The van der Waals surface area contributed by atoms with Crippen LogP contribution in [0.3, 0.4) is 0 Å². The van der Waals surface area contributed by atoms with Crippen molar-refractivity contribution in [3.8, 4) is 11.3 Å². The Hall–Kier alpha value is -3.13. The molecule has 0 aliphatic carbocycles. The molecule has 1 amide bonds. The van der Waals surface area contributed by atoms with Gasteiger partial charge >= 0.3 is 0 Å². The second-order valence-electron chi connectivity index (χ2n) is 6.86. The summed E-state index contributed by atoms with van der Waals surface area (Å²) in [6.07, 6.45) is 6.74. The second kappa shape index (κ2) is 7.24. The Morgan fingerprint density at radius 2 is 1.89 bits per heavy atom. The van der Waals surface area contributed by atoms with Crippen molar-refractivity contribution in [2.75, 3.05) is 31.2 Å². The van der Waals surface area contributed by atoms with Crippen LogP contribution in [-0.2, 0) is 4.79 Å². The first-order valence-electron chi connectivity index (χ1n) is 8.92. The fraction of sp³-hybridized carbons (Fsp3) is 0.316. The minimum Gasteiger partial charge on any atom is -0.368 e. The van der Waals surface area contributed by atoms with Gasteiger partial charge in [0, 0.05) is 41.5 Å². The number of nitrogen functional groups attached to an aromatic ring is 1. The van der Waals surface area contributed by atoms with E-state index in [1.165, 1.54) is 0 Å². The summed E-state index contributed by atoms with van der Waals surface area (Å²) in [5, 5.41) is 3.83. The summed E-state index contributed by atoms with van der Waals surface area (Å²) in [4.78, 5) is 31.8. The molecular formula is C19H21N7O. The molecule has 3 aromatic rings. The van der Waals surface area contributed by atoms with E-state index in [0.29, 0.717) is 5.82 Å². The van der Waals surface area contributed by atoms with E-state index in [1.54, 1.807) is 24.7 Å². The van der Waals surface area contributed by atoms with Gasteiger partial charge in [0.2, 0.25) is 11.9 Å². The number of anilines is 2. The minimum atomic E-state index is 0.0260. The minimum absolute atomic E-state index is 0.0260. The van der Waals surface area contributed by atoms with Gasteiger partial charge in [0.15, 0.2) is 0 Å². The number of fused-ring (bicyclic) bond motifs is 1. The van der Waals surface area contributed by atoms with Crippen molar-refractivity contribution in [3.63, 3.8) is 0 Å². The molecule has 0 bridgehead atoms. The molecule has 0 saturated carbocycles. The highest BCUT2D eigenvalue weighted by atomic mass is 16.1. The van der Waals surface area contributed by atoms with Crippen molar-refractivity contribution in [1.29, 1.82) is 0 Å². The van der Waals surface area contributed by atoms with E-state index in [4.69, 9.17) is 5.73 Å². The van der Waals surface area contributed by atoms with Crippen LogP contribution in [0.4, 0.5) is 11.8 Å². The van der Waals surface area contributed by atoms with Gasteiger partial charge < -0.3 is 16.0 Å². The van der Waals surface area contributed by atoms with E-state index in [-0.39, 0.29) is 17.8 Å². The van der Waals surface area contributed by atoms with Crippen molar-refractivity contribution < 1.29 is 4.79 Å². The summed E-state index contributed by atoms with van der Waals surface area (Å²) in [6, 6.07) is 5.61. The molecule has 8 heteroatoms. The van der Waals surface area contributed by atoms with Crippen LogP contribution < -0.4 is 11.1 Å². The Balaban J connectivity index is 1.55. The van der Waals surface area contributed by atoms with Gasteiger partial charge in [-0.1, -0.05) is 0 Å². The number of carbonyl (C=O) groups excluding carboxylic acids is 1. The number of amides is 1. The van der Waals surface area contributed by atoms with Crippen molar-refractivity contribution in [2.24, 2.45) is 5.92 Å². The lowest BCUT2D eigenvalue weighted by atomic mass is 9.96. The molecule has 0 unspecified atom stereocenters. The zero-order valence-corrected chi connectivity index (χ0v) is 15.1. The number of aromatic nitrogens is 4. The van der Waals surface area contributed by atoms with Crippen LogP contribution in [0.25, 0.3) is 22.2 Å². The van der Waals surface area contributed by atoms with Crippen LogP contribution in [0.1, 0.15) is 12.8 Å². The van der Waals surface area contributed by atoms with Crippen molar-refractivity contribution in [1.82, 2.24) is 24.8 Å². The lowest BCUT2D eigenvalue weighted by Crippen LogP contribution is -2.36. The van der Waals surface area contributed by atoms with Crippen LogP contribution >= 0.6 is 0 Å². The van der Waals surface area contributed by atoms with Gasteiger partial charge in [-0.05, 0) is 45.1 Å². The van der Waals surface area contributed by atoms with Crippen molar-refractivity contribution >= 4 is 28.6 Å². The van der Waals surface area contributed by atoms with Crippen LogP contribution in [0.2, 0.25) is 0 Å². The summed E-state index contributed by atoms with van der Waals surface area (Å²) in [6.45, 7) is 1.88. The number of carbonyl (C=O) groups is 1. The normalized spacial score (nSPS) is 15.7. The van der Waals surface area contributed by atoms with Gasteiger partial charge in [-0.25, -0.2) is 19.9 Å². The van der Waals surface area contributed by atoms with E-state index in [0.717, 1.165) is 48.1 Å². The lowest BCUT2D eigenvalue weighted by Gasteiger charge is -2.27. The third-order valence-electron chi connectivity index (χ3n) is 4.88. The van der Waals surface area contributed by atoms with Crippen LogP contribution in [-0.4, -0.2) is 50.9 Å².